The molecule has 1 N–H and O–H groups in total. The number of halogens is 1. The van der Waals surface area contributed by atoms with Crippen molar-refractivity contribution in [2.24, 2.45) is 5.92 Å². The van der Waals surface area contributed by atoms with E-state index in [9.17, 15) is 4.79 Å². The fraction of sp³-hybridized carbons (Fsp3) is 0.917. The molecule has 0 aromatic heterocycles. The summed E-state index contributed by atoms with van der Waals surface area (Å²) in [7, 11) is 0. The van der Waals surface area contributed by atoms with Crippen LogP contribution in [0.4, 0.5) is 0 Å². The molecule has 3 nitrogen and oxygen atoms in total. The van der Waals surface area contributed by atoms with Gasteiger partial charge in [-0.1, -0.05) is 6.42 Å². The molecule has 92 valence electrons. The zero-order chi connectivity index (χ0) is 11.4. The number of carbonyl (C=O) groups is 1. The molecule has 0 radical (unpaired) electrons. The van der Waals surface area contributed by atoms with Gasteiger partial charge < -0.3 is 10.1 Å². The fourth-order valence-corrected chi connectivity index (χ4v) is 2.69. The number of rotatable bonds is 4. The molecule has 0 aromatic rings. The van der Waals surface area contributed by atoms with E-state index >= 15 is 0 Å². The van der Waals surface area contributed by atoms with Gasteiger partial charge in [-0.25, -0.2) is 0 Å². The van der Waals surface area contributed by atoms with Gasteiger partial charge >= 0.3 is 0 Å². The van der Waals surface area contributed by atoms with Crippen LogP contribution in [0.1, 0.15) is 38.5 Å². The Hall–Kier alpha value is -0.280. The predicted octanol–water partition coefficient (Wildman–Crippen LogP) is 2.08. The number of ether oxygens (including phenoxy) is 1. The summed E-state index contributed by atoms with van der Waals surface area (Å²) in [4.78, 5) is 11.9. The maximum atomic E-state index is 11.9. The highest BCUT2D eigenvalue weighted by Crippen LogP contribution is 2.30. The molecule has 1 aliphatic heterocycles. The molecule has 1 heterocycles. The predicted molar refractivity (Wildman–Crippen MR) is 63.6 cm³/mol. The normalized spacial score (nSPS) is 24.8. The van der Waals surface area contributed by atoms with Gasteiger partial charge in [0.25, 0.3) is 0 Å². The Morgan fingerprint density at radius 1 is 1.38 bits per heavy atom. The van der Waals surface area contributed by atoms with Gasteiger partial charge in [0.15, 0.2) is 0 Å². The topological polar surface area (TPSA) is 38.3 Å². The zero-order valence-electron chi connectivity index (χ0n) is 9.64. The molecule has 0 spiro atoms. The largest absolute Gasteiger partial charge is 0.381 e. The van der Waals surface area contributed by atoms with E-state index in [-0.39, 0.29) is 11.4 Å². The Labute approximate surface area is 102 Å². The third kappa shape index (κ3) is 2.89. The maximum absolute atomic E-state index is 11.9. The van der Waals surface area contributed by atoms with Crippen LogP contribution in [0.3, 0.4) is 0 Å². The first kappa shape index (κ1) is 12.2. The first-order valence-corrected chi connectivity index (χ1v) is 6.72. The van der Waals surface area contributed by atoms with Gasteiger partial charge in [-0.2, -0.15) is 0 Å². The molecule has 0 unspecified atom stereocenters. The van der Waals surface area contributed by atoms with Crippen LogP contribution in [0.2, 0.25) is 0 Å². The van der Waals surface area contributed by atoms with Crippen LogP contribution in [0.15, 0.2) is 0 Å². The number of carbonyl (C=O) groups excluding carboxylic acids is 1. The van der Waals surface area contributed by atoms with Crippen LogP contribution in [-0.4, -0.2) is 30.5 Å². The van der Waals surface area contributed by atoms with E-state index in [1.54, 1.807) is 0 Å². The van der Waals surface area contributed by atoms with Crippen molar-refractivity contribution in [2.45, 2.75) is 44.1 Å². The Balaban J connectivity index is 1.82. The molecule has 0 bridgehead atoms. The summed E-state index contributed by atoms with van der Waals surface area (Å²) in [6.45, 7) is 1.41. The summed E-state index contributed by atoms with van der Waals surface area (Å²) in [5.74, 6) is 1.28. The van der Waals surface area contributed by atoms with E-state index in [4.69, 9.17) is 16.3 Å². The molecule has 0 atom stereocenters. The van der Waals surface area contributed by atoms with Crippen molar-refractivity contribution in [1.29, 1.82) is 0 Å². The average Bonchev–Trinajstić information content (AvgIpc) is 2.25. The lowest BCUT2D eigenvalue weighted by atomic mass is 9.82. The smallest absolute Gasteiger partial charge is 0.220 e. The van der Waals surface area contributed by atoms with Crippen molar-refractivity contribution in [3.8, 4) is 0 Å². The van der Waals surface area contributed by atoms with Crippen LogP contribution in [0.5, 0.6) is 0 Å². The Bertz CT molecular complexity index is 247. The van der Waals surface area contributed by atoms with Gasteiger partial charge in [0.05, 0.1) is 5.54 Å². The molecular weight excluding hydrogens is 226 g/mol. The van der Waals surface area contributed by atoms with Crippen molar-refractivity contribution in [3.63, 3.8) is 0 Å². The summed E-state index contributed by atoms with van der Waals surface area (Å²) in [5.41, 5.74) is -0.208. The maximum Gasteiger partial charge on any atom is 0.220 e. The third-order valence-electron chi connectivity index (χ3n) is 3.81. The van der Waals surface area contributed by atoms with Crippen LogP contribution in [-0.2, 0) is 9.53 Å². The summed E-state index contributed by atoms with van der Waals surface area (Å²) in [6.07, 6.45) is 6.07. The molecule has 2 fully saturated rings. The van der Waals surface area contributed by atoms with Gasteiger partial charge in [0, 0.05) is 25.5 Å². The summed E-state index contributed by atoms with van der Waals surface area (Å²) in [5, 5.41) is 3.13. The SMILES string of the molecule is O=C(CC1CCC1)NC1(CCl)CCOCC1. The minimum Gasteiger partial charge on any atom is -0.381 e. The number of amides is 1. The number of hydrogen-bond acceptors (Lipinski definition) is 2. The molecule has 0 aromatic carbocycles. The zero-order valence-corrected chi connectivity index (χ0v) is 10.4. The molecule has 16 heavy (non-hydrogen) atoms. The van der Waals surface area contributed by atoms with Crippen LogP contribution >= 0.6 is 11.6 Å². The Morgan fingerprint density at radius 2 is 2.06 bits per heavy atom. The summed E-state index contributed by atoms with van der Waals surface area (Å²) >= 11 is 6.00. The minimum atomic E-state index is -0.208. The van der Waals surface area contributed by atoms with Gasteiger partial charge in [0.2, 0.25) is 5.91 Å². The highest BCUT2D eigenvalue weighted by Gasteiger charge is 2.34. The first-order valence-electron chi connectivity index (χ1n) is 6.19. The van der Waals surface area contributed by atoms with Crippen molar-refractivity contribution < 1.29 is 9.53 Å². The highest BCUT2D eigenvalue weighted by atomic mass is 35.5. The second-order valence-corrected chi connectivity index (χ2v) is 5.34. The Kier molecular flexibility index (Phi) is 4.09. The summed E-state index contributed by atoms with van der Waals surface area (Å²) in [6, 6.07) is 0. The van der Waals surface area contributed by atoms with Crippen molar-refractivity contribution in [1.82, 2.24) is 5.32 Å². The van der Waals surface area contributed by atoms with Crippen molar-refractivity contribution >= 4 is 17.5 Å². The van der Waals surface area contributed by atoms with Gasteiger partial charge in [-0.15, -0.1) is 11.6 Å². The lowest BCUT2D eigenvalue weighted by molar-refractivity contribution is -0.125. The number of nitrogens with one attached hydrogen (secondary N) is 1. The second-order valence-electron chi connectivity index (χ2n) is 5.08. The van der Waals surface area contributed by atoms with Crippen LogP contribution in [0, 0.1) is 5.92 Å². The average molecular weight is 246 g/mol. The standard InChI is InChI=1S/C12H20ClNO2/c13-9-12(4-6-16-7-5-12)14-11(15)8-10-2-1-3-10/h10H,1-9H2,(H,14,15). The minimum absolute atomic E-state index is 0.173. The fourth-order valence-electron chi connectivity index (χ4n) is 2.36. The second kappa shape index (κ2) is 5.37. The van der Waals surface area contributed by atoms with E-state index in [1.165, 1.54) is 19.3 Å². The van der Waals surface area contributed by atoms with E-state index in [0.29, 0.717) is 31.4 Å². The molecule has 2 aliphatic rings. The van der Waals surface area contributed by atoms with Crippen molar-refractivity contribution in [3.05, 3.63) is 0 Å². The summed E-state index contributed by atoms with van der Waals surface area (Å²) < 4.78 is 5.31. The lowest BCUT2D eigenvalue weighted by Crippen LogP contribution is -2.53. The molecular formula is C12H20ClNO2. The lowest BCUT2D eigenvalue weighted by Gasteiger charge is -2.37. The van der Waals surface area contributed by atoms with Crippen LogP contribution in [0.25, 0.3) is 0 Å². The quantitative estimate of drug-likeness (QED) is 0.771. The third-order valence-corrected chi connectivity index (χ3v) is 4.32. The monoisotopic (exact) mass is 245 g/mol. The van der Waals surface area contributed by atoms with E-state index in [1.807, 2.05) is 0 Å². The molecule has 1 aliphatic carbocycles. The molecule has 4 heteroatoms. The first-order chi connectivity index (χ1) is 7.74. The number of hydrogen-bond donors (Lipinski definition) is 1. The van der Waals surface area contributed by atoms with E-state index < -0.39 is 0 Å². The van der Waals surface area contributed by atoms with Gasteiger partial charge in [-0.3, -0.25) is 4.79 Å². The Morgan fingerprint density at radius 3 is 2.56 bits per heavy atom. The molecule has 1 amide bonds. The highest BCUT2D eigenvalue weighted by molar-refractivity contribution is 6.18. The van der Waals surface area contributed by atoms with E-state index in [0.717, 1.165) is 12.8 Å². The molecule has 1 saturated heterocycles. The molecule has 2 rings (SSSR count). The van der Waals surface area contributed by atoms with Crippen LogP contribution < -0.4 is 5.32 Å². The van der Waals surface area contributed by atoms with E-state index in [2.05, 4.69) is 5.32 Å². The number of alkyl halides is 1. The molecule has 1 saturated carbocycles. The van der Waals surface area contributed by atoms with Gasteiger partial charge in [-0.05, 0) is 31.6 Å². The van der Waals surface area contributed by atoms with Gasteiger partial charge in [0.1, 0.15) is 0 Å². The van der Waals surface area contributed by atoms with Crippen molar-refractivity contribution in [2.75, 3.05) is 19.1 Å².